The van der Waals surface area contributed by atoms with Gasteiger partial charge in [-0.3, -0.25) is 0 Å². The highest BCUT2D eigenvalue weighted by Crippen LogP contribution is 2.20. The molecule has 0 aliphatic rings. The Bertz CT molecular complexity index is 267. The van der Waals surface area contributed by atoms with Crippen LogP contribution in [0.25, 0.3) is 0 Å². The minimum absolute atomic E-state index is 0.415. The van der Waals surface area contributed by atoms with Crippen LogP contribution in [0, 0.1) is 17.4 Å². The molecule has 0 amide bonds. The molecule has 0 aliphatic heterocycles. The summed E-state index contributed by atoms with van der Waals surface area (Å²) in [5.74, 6) is 0. The van der Waals surface area contributed by atoms with Gasteiger partial charge in [-0.2, -0.15) is 5.26 Å². The number of hydrogen-bond donors (Lipinski definition) is 0. The number of hydrogen-bond acceptors (Lipinski definition) is 1. The molecular weight excluding hydrogens is 134 g/mol. The quantitative estimate of drug-likeness (QED) is 0.593. The van der Waals surface area contributed by atoms with E-state index in [2.05, 4.69) is 12.1 Å². The molecule has 0 bridgehead atoms. The van der Waals surface area contributed by atoms with Crippen molar-refractivity contribution in [2.45, 2.75) is 19.3 Å². The molecule has 1 rings (SSSR count). The molecule has 1 heteroatoms. The molecule has 0 N–H and O–H groups in total. The molecule has 11 heavy (non-hydrogen) atoms. The first-order valence-corrected chi connectivity index (χ1v) is 3.55. The summed E-state index contributed by atoms with van der Waals surface area (Å²) in [6.45, 7) is 3.78. The van der Waals surface area contributed by atoms with Crippen molar-refractivity contribution in [1.29, 1.82) is 5.26 Å². The van der Waals surface area contributed by atoms with Gasteiger partial charge in [-0.1, -0.05) is 24.3 Å². The Morgan fingerprint density at radius 3 is 2.64 bits per heavy atom. The monoisotopic (exact) mass is 144 g/mol. The van der Waals surface area contributed by atoms with Gasteiger partial charge in [-0.15, -0.1) is 0 Å². The Labute approximate surface area is 67.3 Å². The molecule has 1 aromatic carbocycles. The lowest BCUT2D eigenvalue weighted by atomic mass is 9.87. The third kappa shape index (κ3) is 1.59. The van der Waals surface area contributed by atoms with Crippen molar-refractivity contribution in [1.82, 2.24) is 0 Å². The van der Waals surface area contributed by atoms with Gasteiger partial charge in [0.2, 0.25) is 0 Å². The molecule has 1 nitrogen and oxygen atoms in total. The molecule has 0 atom stereocenters. The first-order chi connectivity index (χ1) is 5.17. The number of nitrogens with zero attached hydrogens (tertiary/aromatic N) is 1. The van der Waals surface area contributed by atoms with E-state index in [0.717, 1.165) is 5.56 Å². The SMILES string of the molecule is CC(C)(C#N)c1[c]cccc1. The first kappa shape index (κ1) is 7.81. The predicted octanol–water partition coefficient (Wildman–Crippen LogP) is 2.29. The maximum absolute atomic E-state index is 8.78. The highest BCUT2D eigenvalue weighted by Gasteiger charge is 2.18. The lowest BCUT2D eigenvalue weighted by molar-refractivity contribution is 0.685. The number of nitriles is 1. The Hall–Kier alpha value is -1.29. The molecule has 0 aliphatic carbocycles. The van der Waals surface area contributed by atoms with E-state index in [4.69, 9.17) is 5.26 Å². The Kier molecular flexibility index (Phi) is 1.96. The largest absolute Gasteiger partial charge is 0.197 e. The minimum Gasteiger partial charge on any atom is -0.197 e. The van der Waals surface area contributed by atoms with Crippen LogP contribution in [0.2, 0.25) is 0 Å². The van der Waals surface area contributed by atoms with Crippen molar-refractivity contribution >= 4 is 0 Å². The summed E-state index contributed by atoms with van der Waals surface area (Å²) in [4.78, 5) is 0. The molecule has 0 saturated heterocycles. The fourth-order valence-electron chi connectivity index (χ4n) is 0.842. The Balaban J connectivity index is 3.05. The first-order valence-electron chi connectivity index (χ1n) is 3.55. The summed E-state index contributed by atoms with van der Waals surface area (Å²) in [6.07, 6.45) is 0. The van der Waals surface area contributed by atoms with Crippen LogP contribution < -0.4 is 0 Å². The van der Waals surface area contributed by atoms with Gasteiger partial charge in [0.15, 0.2) is 0 Å². The fourth-order valence-corrected chi connectivity index (χ4v) is 0.842. The van der Waals surface area contributed by atoms with E-state index in [9.17, 15) is 0 Å². The fraction of sp³-hybridized carbons (Fsp3) is 0.300. The lowest BCUT2D eigenvalue weighted by Crippen LogP contribution is -2.13. The third-order valence-electron chi connectivity index (χ3n) is 1.66. The van der Waals surface area contributed by atoms with Crippen LogP contribution in [0.4, 0.5) is 0 Å². The second-order valence-electron chi connectivity index (χ2n) is 3.01. The molecular formula is C10H10N. The van der Waals surface area contributed by atoms with Crippen molar-refractivity contribution in [3.05, 3.63) is 35.9 Å². The predicted molar refractivity (Wildman–Crippen MR) is 43.9 cm³/mol. The Morgan fingerprint density at radius 2 is 2.18 bits per heavy atom. The van der Waals surface area contributed by atoms with E-state index in [0.29, 0.717) is 0 Å². The molecule has 0 saturated carbocycles. The van der Waals surface area contributed by atoms with Crippen LogP contribution in [0.1, 0.15) is 19.4 Å². The van der Waals surface area contributed by atoms with E-state index in [1.54, 1.807) is 0 Å². The topological polar surface area (TPSA) is 23.8 Å². The zero-order valence-electron chi connectivity index (χ0n) is 6.76. The molecule has 1 radical (unpaired) electrons. The molecule has 0 unspecified atom stereocenters. The summed E-state index contributed by atoms with van der Waals surface area (Å²) in [5, 5.41) is 8.78. The van der Waals surface area contributed by atoms with E-state index >= 15 is 0 Å². The second kappa shape index (κ2) is 2.75. The van der Waals surface area contributed by atoms with E-state index in [-0.39, 0.29) is 0 Å². The zero-order valence-corrected chi connectivity index (χ0v) is 6.76. The molecule has 0 aromatic heterocycles. The average molecular weight is 144 g/mol. The number of rotatable bonds is 1. The summed E-state index contributed by atoms with van der Waals surface area (Å²) < 4.78 is 0. The van der Waals surface area contributed by atoms with Crippen LogP contribution in [0.15, 0.2) is 24.3 Å². The summed E-state index contributed by atoms with van der Waals surface area (Å²) >= 11 is 0. The highest BCUT2D eigenvalue weighted by atomic mass is 14.3. The molecule has 1 aromatic rings. The zero-order chi connectivity index (χ0) is 8.32. The molecule has 0 fully saturated rings. The van der Waals surface area contributed by atoms with Gasteiger partial charge < -0.3 is 0 Å². The van der Waals surface area contributed by atoms with E-state index < -0.39 is 5.41 Å². The van der Waals surface area contributed by atoms with Crippen LogP contribution in [-0.2, 0) is 5.41 Å². The van der Waals surface area contributed by atoms with Crippen molar-refractivity contribution in [3.63, 3.8) is 0 Å². The van der Waals surface area contributed by atoms with Gasteiger partial charge in [-0.25, -0.2) is 0 Å². The standard InChI is InChI=1S/C10H10N/c1-10(2,8-11)9-6-4-3-5-7-9/h3-6H,1-2H3. The van der Waals surface area contributed by atoms with E-state index in [1.807, 2.05) is 38.1 Å². The van der Waals surface area contributed by atoms with Crippen molar-refractivity contribution < 1.29 is 0 Å². The van der Waals surface area contributed by atoms with Gasteiger partial charge in [0.05, 0.1) is 11.5 Å². The summed E-state index contributed by atoms with van der Waals surface area (Å²) in [5.41, 5.74) is 0.531. The smallest absolute Gasteiger partial charge is 0.0772 e. The van der Waals surface area contributed by atoms with Gasteiger partial charge in [0.25, 0.3) is 0 Å². The van der Waals surface area contributed by atoms with Crippen LogP contribution in [0.5, 0.6) is 0 Å². The van der Waals surface area contributed by atoms with Crippen molar-refractivity contribution in [3.8, 4) is 6.07 Å². The van der Waals surface area contributed by atoms with Gasteiger partial charge in [0, 0.05) is 0 Å². The highest BCUT2D eigenvalue weighted by molar-refractivity contribution is 5.28. The van der Waals surface area contributed by atoms with Crippen LogP contribution in [0.3, 0.4) is 0 Å². The average Bonchev–Trinajstić information content (AvgIpc) is 2.06. The van der Waals surface area contributed by atoms with Crippen LogP contribution >= 0.6 is 0 Å². The van der Waals surface area contributed by atoms with Crippen molar-refractivity contribution in [2.75, 3.05) is 0 Å². The van der Waals surface area contributed by atoms with Crippen molar-refractivity contribution in [2.24, 2.45) is 0 Å². The van der Waals surface area contributed by atoms with Gasteiger partial charge in [0.1, 0.15) is 0 Å². The third-order valence-corrected chi connectivity index (χ3v) is 1.66. The Morgan fingerprint density at radius 1 is 1.45 bits per heavy atom. The lowest BCUT2D eigenvalue weighted by Gasteiger charge is -2.14. The molecule has 0 heterocycles. The maximum atomic E-state index is 8.78. The molecule has 0 spiro atoms. The van der Waals surface area contributed by atoms with Gasteiger partial charge in [-0.05, 0) is 25.5 Å². The van der Waals surface area contributed by atoms with Crippen LogP contribution in [-0.4, -0.2) is 0 Å². The second-order valence-corrected chi connectivity index (χ2v) is 3.01. The maximum Gasteiger partial charge on any atom is 0.0772 e. The normalized spacial score (nSPS) is 10.6. The minimum atomic E-state index is -0.415. The molecule has 55 valence electrons. The van der Waals surface area contributed by atoms with Gasteiger partial charge >= 0.3 is 0 Å². The summed E-state index contributed by atoms with van der Waals surface area (Å²) in [7, 11) is 0. The summed E-state index contributed by atoms with van der Waals surface area (Å²) in [6, 6.07) is 12.8. The number of benzene rings is 1. The van der Waals surface area contributed by atoms with E-state index in [1.165, 1.54) is 0 Å².